The molecule has 0 aliphatic carbocycles. The zero-order valence-electron chi connectivity index (χ0n) is 7.32. The van der Waals surface area contributed by atoms with E-state index < -0.39 is 0 Å². The second-order valence-electron chi connectivity index (χ2n) is 3.17. The number of carbonyl (C=O) groups excluding carboxylic acids is 1. The van der Waals surface area contributed by atoms with E-state index in [1.54, 1.807) is 11.0 Å². The van der Waals surface area contributed by atoms with Crippen molar-refractivity contribution in [1.82, 2.24) is 9.88 Å². The number of carbonyl (C=O) groups is 1. The minimum Gasteiger partial charge on any atom is -0.506 e. The van der Waals surface area contributed by atoms with Gasteiger partial charge >= 0.3 is 0 Å². The molecule has 0 spiro atoms. The van der Waals surface area contributed by atoms with Crippen LogP contribution >= 0.6 is 0 Å². The molecular formula is C9H10N2O2. The first-order valence-electron chi connectivity index (χ1n) is 4.09. The first-order chi connectivity index (χ1) is 6.16. The van der Waals surface area contributed by atoms with E-state index in [1.165, 1.54) is 13.1 Å². The minimum absolute atomic E-state index is 0.0393. The fourth-order valence-electron chi connectivity index (χ4n) is 1.47. The molecular weight excluding hydrogens is 168 g/mol. The number of fused-ring (bicyclic) bond motifs is 1. The Morgan fingerprint density at radius 3 is 3.08 bits per heavy atom. The van der Waals surface area contributed by atoms with E-state index in [0.717, 1.165) is 11.3 Å². The fourth-order valence-corrected chi connectivity index (χ4v) is 1.47. The molecule has 4 heteroatoms. The van der Waals surface area contributed by atoms with Gasteiger partial charge in [-0.05, 0) is 11.6 Å². The Kier molecular flexibility index (Phi) is 1.69. The van der Waals surface area contributed by atoms with Crippen LogP contribution in [-0.2, 0) is 17.9 Å². The van der Waals surface area contributed by atoms with Crippen LogP contribution in [0.15, 0.2) is 12.3 Å². The van der Waals surface area contributed by atoms with E-state index in [2.05, 4.69) is 4.98 Å². The Morgan fingerprint density at radius 2 is 2.38 bits per heavy atom. The maximum absolute atomic E-state index is 11.0. The third-order valence-corrected chi connectivity index (χ3v) is 2.19. The summed E-state index contributed by atoms with van der Waals surface area (Å²) in [5.74, 6) is 0.196. The van der Waals surface area contributed by atoms with Crippen molar-refractivity contribution in [3.63, 3.8) is 0 Å². The Hall–Kier alpha value is -1.58. The van der Waals surface area contributed by atoms with Gasteiger partial charge in [0, 0.05) is 13.5 Å². The minimum atomic E-state index is 0.0393. The van der Waals surface area contributed by atoms with E-state index in [4.69, 9.17) is 5.11 Å². The summed E-state index contributed by atoms with van der Waals surface area (Å²) < 4.78 is 0. The van der Waals surface area contributed by atoms with Crippen molar-refractivity contribution < 1.29 is 9.90 Å². The largest absolute Gasteiger partial charge is 0.506 e. The van der Waals surface area contributed by atoms with Crippen molar-refractivity contribution in [2.24, 2.45) is 0 Å². The van der Waals surface area contributed by atoms with Crippen molar-refractivity contribution in [3.05, 3.63) is 23.5 Å². The van der Waals surface area contributed by atoms with Gasteiger partial charge in [0.25, 0.3) is 0 Å². The number of aromatic hydroxyl groups is 1. The molecule has 1 aliphatic rings. The molecule has 68 valence electrons. The summed E-state index contributed by atoms with van der Waals surface area (Å²) in [5.41, 5.74) is 1.82. The van der Waals surface area contributed by atoms with Crippen LogP contribution in [0.25, 0.3) is 0 Å². The zero-order valence-corrected chi connectivity index (χ0v) is 7.32. The summed E-state index contributed by atoms with van der Waals surface area (Å²) in [5, 5.41) is 9.16. The Bertz CT molecular complexity index is 363. The summed E-state index contributed by atoms with van der Waals surface area (Å²) in [4.78, 5) is 16.8. The molecule has 0 saturated carbocycles. The third kappa shape index (κ3) is 1.35. The molecule has 1 aromatic heterocycles. The number of hydrogen-bond donors (Lipinski definition) is 1. The summed E-state index contributed by atoms with van der Waals surface area (Å²) in [7, 11) is 0. The molecule has 0 saturated heterocycles. The van der Waals surface area contributed by atoms with Crippen LogP contribution in [0.4, 0.5) is 0 Å². The number of rotatable bonds is 0. The Morgan fingerprint density at radius 1 is 1.62 bits per heavy atom. The van der Waals surface area contributed by atoms with E-state index in [0.29, 0.717) is 13.1 Å². The van der Waals surface area contributed by atoms with Crippen molar-refractivity contribution >= 4 is 5.91 Å². The van der Waals surface area contributed by atoms with Crippen LogP contribution in [-0.4, -0.2) is 20.9 Å². The maximum Gasteiger partial charge on any atom is 0.220 e. The van der Waals surface area contributed by atoms with E-state index >= 15 is 0 Å². The lowest BCUT2D eigenvalue weighted by Crippen LogP contribution is -2.21. The van der Waals surface area contributed by atoms with Crippen LogP contribution in [0, 0.1) is 0 Å². The normalized spacial score (nSPS) is 14.4. The smallest absolute Gasteiger partial charge is 0.220 e. The molecule has 1 N–H and O–H groups in total. The molecule has 0 unspecified atom stereocenters. The summed E-state index contributed by atoms with van der Waals surface area (Å²) in [6.07, 6.45) is 1.41. The summed E-state index contributed by atoms with van der Waals surface area (Å²) in [6, 6.07) is 1.66. The number of amides is 1. The van der Waals surface area contributed by atoms with Crippen LogP contribution in [0.1, 0.15) is 18.2 Å². The lowest BCUT2D eigenvalue weighted by Gasteiger charge is -2.10. The van der Waals surface area contributed by atoms with Crippen LogP contribution < -0.4 is 0 Å². The molecule has 2 heterocycles. The molecule has 1 aromatic rings. The van der Waals surface area contributed by atoms with Crippen molar-refractivity contribution in [3.8, 4) is 5.75 Å². The van der Waals surface area contributed by atoms with Crippen LogP contribution in [0.3, 0.4) is 0 Å². The van der Waals surface area contributed by atoms with Crippen molar-refractivity contribution in [2.45, 2.75) is 20.0 Å². The SMILES string of the molecule is CC(=O)N1Cc2cc(O)cnc2C1. The standard InChI is InChI=1S/C9H10N2O2/c1-6(12)11-4-7-2-8(13)3-10-9(7)5-11/h2-3,13H,4-5H2,1H3. The Balaban J connectivity index is 2.30. The van der Waals surface area contributed by atoms with Gasteiger partial charge in [-0.3, -0.25) is 9.78 Å². The van der Waals surface area contributed by atoms with Gasteiger partial charge < -0.3 is 10.0 Å². The quantitative estimate of drug-likeness (QED) is 0.634. The van der Waals surface area contributed by atoms with Gasteiger partial charge in [0.05, 0.1) is 18.4 Å². The van der Waals surface area contributed by atoms with Crippen molar-refractivity contribution in [1.29, 1.82) is 0 Å². The monoisotopic (exact) mass is 178 g/mol. The average molecular weight is 178 g/mol. The van der Waals surface area contributed by atoms with Gasteiger partial charge in [-0.25, -0.2) is 0 Å². The highest BCUT2D eigenvalue weighted by molar-refractivity contribution is 5.74. The van der Waals surface area contributed by atoms with E-state index in [9.17, 15) is 4.79 Å². The van der Waals surface area contributed by atoms with Gasteiger partial charge in [-0.1, -0.05) is 0 Å². The lowest BCUT2D eigenvalue weighted by atomic mass is 10.2. The predicted molar refractivity (Wildman–Crippen MR) is 45.8 cm³/mol. The molecule has 0 fully saturated rings. The molecule has 0 bridgehead atoms. The number of hydrogen-bond acceptors (Lipinski definition) is 3. The molecule has 2 rings (SSSR count). The average Bonchev–Trinajstić information content (AvgIpc) is 2.46. The maximum atomic E-state index is 11.0. The first-order valence-corrected chi connectivity index (χ1v) is 4.09. The third-order valence-electron chi connectivity index (χ3n) is 2.19. The summed E-state index contributed by atoms with van der Waals surface area (Å²) in [6.45, 7) is 2.66. The Labute approximate surface area is 75.8 Å². The van der Waals surface area contributed by atoms with Gasteiger partial charge in [-0.15, -0.1) is 0 Å². The molecule has 0 radical (unpaired) electrons. The predicted octanol–water partition coefficient (Wildman–Crippen LogP) is 0.649. The second-order valence-corrected chi connectivity index (χ2v) is 3.17. The van der Waals surface area contributed by atoms with Gasteiger partial charge in [0.2, 0.25) is 5.91 Å². The van der Waals surface area contributed by atoms with E-state index in [1.807, 2.05) is 0 Å². The molecule has 13 heavy (non-hydrogen) atoms. The number of nitrogens with zero attached hydrogens (tertiary/aromatic N) is 2. The highest BCUT2D eigenvalue weighted by Gasteiger charge is 2.21. The lowest BCUT2D eigenvalue weighted by molar-refractivity contribution is -0.129. The van der Waals surface area contributed by atoms with Gasteiger partial charge in [0.15, 0.2) is 0 Å². The zero-order chi connectivity index (χ0) is 9.42. The highest BCUT2D eigenvalue weighted by Crippen LogP contribution is 2.23. The number of aromatic nitrogens is 1. The van der Waals surface area contributed by atoms with Crippen LogP contribution in [0.5, 0.6) is 5.75 Å². The molecule has 0 aromatic carbocycles. The molecule has 0 atom stereocenters. The molecule has 1 amide bonds. The first kappa shape index (κ1) is 8.04. The van der Waals surface area contributed by atoms with E-state index in [-0.39, 0.29) is 11.7 Å². The number of pyridine rings is 1. The highest BCUT2D eigenvalue weighted by atomic mass is 16.3. The molecule has 1 aliphatic heterocycles. The summed E-state index contributed by atoms with van der Waals surface area (Å²) >= 11 is 0. The van der Waals surface area contributed by atoms with Gasteiger partial charge in [-0.2, -0.15) is 0 Å². The fraction of sp³-hybridized carbons (Fsp3) is 0.333. The van der Waals surface area contributed by atoms with Gasteiger partial charge in [0.1, 0.15) is 5.75 Å². The van der Waals surface area contributed by atoms with Crippen LogP contribution in [0.2, 0.25) is 0 Å². The topological polar surface area (TPSA) is 53.4 Å². The van der Waals surface area contributed by atoms with Crippen molar-refractivity contribution in [2.75, 3.05) is 0 Å². The molecule has 4 nitrogen and oxygen atoms in total. The second kappa shape index (κ2) is 2.73.